The fraction of sp³-hybridized carbons (Fsp3) is 0.667. The van der Waals surface area contributed by atoms with Gasteiger partial charge in [-0.1, -0.05) is 55.4 Å². The maximum atomic E-state index is 11.2. The van der Waals surface area contributed by atoms with Crippen molar-refractivity contribution in [2.75, 3.05) is 0 Å². The van der Waals surface area contributed by atoms with Crippen LogP contribution in [0.5, 0.6) is 5.75 Å². The van der Waals surface area contributed by atoms with Crippen LogP contribution in [0.4, 0.5) is 0 Å². The number of ether oxygens (including phenoxy) is 1. The highest BCUT2D eigenvalue weighted by molar-refractivity contribution is 5.66. The zero-order chi connectivity index (χ0) is 18.9. The van der Waals surface area contributed by atoms with E-state index < -0.39 is 0 Å². The highest BCUT2D eigenvalue weighted by Gasteiger charge is 2.34. The predicted molar refractivity (Wildman–Crippen MR) is 99.3 cm³/mol. The van der Waals surface area contributed by atoms with E-state index in [2.05, 4.69) is 55.4 Å². The number of phenols is 1. The van der Waals surface area contributed by atoms with Crippen molar-refractivity contribution in [3.63, 3.8) is 0 Å². The lowest BCUT2D eigenvalue weighted by molar-refractivity contribution is -0.142. The second-order valence-corrected chi connectivity index (χ2v) is 8.57. The van der Waals surface area contributed by atoms with E-state index in [0.29, 0.717) is 17.6 Å². The van der Waals surface area contributed by atoms with Crippen LogP contribution in [-0.2, 0) is 27.0 Å². The molecule has 3 nitrogen and oxygen atoms in total. The Bertz CT molecular complexity index is 554. The van der Waals surface area contributed by atoms with Crippen molar-refractivity contribution in [1.82, 2.24) is 0 Å². The maximum Gasteiger partial charge on any atom is 0.302 e. The minimum Gasteiger partial charge on any atom is -0.507 e. The standard InChI is InChI=1S/C21H34O3/c1-13(2)20(6,7)17-10-16(12-24-15(5)22)11-18(19(17)23)21(8,9)14(3)4/h10-11,13-14,23H,12H2,1-9H3. The van der Waals surface area contributed by atoms with Crippen LogP contribution in [0.15, 0.2) is 12.1 Å². The second kappa shape index (κ2) is 7.16. The van der Waals surface area contributed by atoms with E-state index in [1.807, 2.05) is 12.1 Å². The number of carbonyl (C=O) groups excluding carboxylic acids is 1. The van der Waals surface area contributed by atoms with Crippen molar-refractivity contribution in [3.8, 4) is 5.75 Å². The molecule has 0 spiro atoms. The quantitative estimate of drug-likeness (QED) is 0.716. The number of rotatable bonds is 6. The first kappa shape index (κ1) is 20.5. The molecule has 0 fully saturated rings. The smallest absolute Gasteiger partial charge is 0.302 e. The lowest BCUT2D eigenvalue weighted by atomic mass is 9.69. The molecular formula is C21H34O3. The van der Waals surface area contributed by atoms with E-state index in [-0.39, 0.29) is 23.4 Å². The molecule has 0 amide bonds. The lowest BCUT2D eigenvalue weighted by Crippen LogP contribution is -2.29. The maximum absolute atomic E-state index is 11.2. The molecule has 1 aromatic carbocycles. The molecule has 0 radical (unpaired) electrons. The Morgan fingerprint density at radius 1 is 1.00 bits per heavy atom. The molecule has 0 saturated carbocycles. The summed E-state index contributed by atoms with van der Waals surface area (Å²) in [5, 5.41) is 11.1. The first-order valence-corrected chi connectivity index (χ1v) is 8.82. The predicted octanol–water partition coefficient (Wildman–Crippen LogP) is 5.32. The number of hydrogen-bond donors (Lipinski definition) is 1. The van der Waals surface area contributed by atoms with Crippen molar-refractivity contribution in [2.24, 2.45) is 11.8 Å². The molecule has 3 heteroatoms. The first-order chi connectivity index (χ1) is 10.8. The number of esters is 1. The minimum absolute atomic E-state index is 0.182. The van der Waals surface area contributed by atoms with Gasteiger partial charge in [-0.2, -0.15) is 0 Å². The van der Waals surface area contributed by atoms with Gasteiger partial charge in [0.2, 0.25) is 0 Å². The Balaban J connectivity index is 3.59. The summed E-state index contributed by atoms with van der Waals surface area (Å²) >= 11 is 0. The van der Waals surface area contributed by atoms with Crippen LogP contribution in [-0.4, -0.2) is 11.1 Å². The van der Waals surface area contributed by atoms with Gasteiger partial charge >= 0.3 is 5.97 Å². The number of phenolic OH excluding ortho intramolecular Hbond substituents is 1. The third-order valence-corrected chi connectivity index (χ3v) is 5.89. The largest absolute Gasteiger partial charge is 0.507 e. The summed E-state index contributed by atoms with van der Waals surface area (Å²) in [6.07, 6.45) is 0. The molecular weight excluding hydrogens is 300 g/mol. The highest BCUT2D eigenvalue weighted by Crippen LogP contribution is 2.45. The van der Waals surface area contributed by atoms with Crippen molar-refractivity contribution < 1.29 is 14.6 Å². The zero-order valence-corrected chi connectivity index (χ0v) is 16.8. The Labute approximate surface area is 147 Å². The van der Waals surface area contributed by atoms with Gasteiger partial charge in [0.1, 0.15) is 12.4 Å². The summed E-state index contributed by atoms with van der Waals surface area (Å²) in [5.41, 5.74) is 2.41. The Hall–Kier alpha value is -1.51. The van der Waals surface area contributed by atoms with Crippen molar-refractivity contribution in [1.29, 1.82) is 0 Å². The van der Waals surface area contributed by atoms with Crippen LogP contribution in [0, 0.1) is 11.8 Å². The van der Waals surface area contributed by atoms with Gasteiger partial charge in [-0.05, 0) is 40.4 Å². The van der Waals surface area contributed by atoms with E-state index in [0.717, 1.165) is 16.7 Å². The molecule has 0 unspecified atom stereocenters. The fourth-order valence-corrected chi connectivity index (χ4v) is 2.57. The van der Waals surface area contributed by atoms with Crippen molar-refractivity contribution in [2.45, 2.75) is 79.8 Å². The second-order valence-electron chi connectivity index (χ2n) is 8.57. The normalized spacial score (nSPS) is 12.8. The molecule has 1 N–H and O–H groups in total. The first-order valence-electron chi connectivity index (χ1n) is 8.82. The van der Waals surface area contributed by atoms with Gasteiger partial charge in [0, 0.05) is 18.1 Å². The van der Waals surface area contributed by atoms with E-state index >= 15 is 0 Å². The average molecular weight is 335 g/mol. The van der Waals surface area contributed by atoms with Crippen molar-refractivity contribution >= 4 is 5.97 Å². The molecule has 0 heterocycles. The van der Waals surface area contributed by atoms with Crippen LogP contribution in [0.25, 0.3) is 0 Å². The zero-order valence-electron chi connectivity index (χ0n) is 16.8. The molecule has 0 atom stereocenters. The van der Waals surface area contributed by atoms with E-state index in [1.54, 1.807) is 0 Å². The van der Waals surface area contributed by atoms with Crippen LogP contribution >= 0.6 is 0 Å². The van der Waals surface area contributed by atoms with Gasteiger partial charge in [-0.25, -0.2) is 0 Å². The van der Waals surface area contributed by atoms with Crippen molar-refractivity contribution in [3.05, 3.63) is 28.8 Å². The van der Waals surface area contributed by atoms with Gasteiger partial charge in [0.15, 0.2) is 0 Å². The molecule has 136 valence electrons. The molecule has 0 aromatic heterocycles. The van der Waals surface area contributed by atoms with Crippen LogP contribution in [0.1, 0.15) is 79.0 Å². The average Bonchev–Trinajstić information content (AvgIpc) is 2.45. The number of carbonyl (C=O) groups is 1. The molecule has 0 aliphatic carbocycles. The molecule has 0 aliphatic rings. The third kappa shape index (κ3) is 4.12. The number of hydrogen-bond acceptors (Lipinski definition) is 3. The summed E-state index contributed by atoms with van der Waals surface area (Å²) < 4.78 is 5.20. The summed E-state index contributed by atoms with van der Waals surface area (Å²) in [4.78, 5) is 11.2. The van der Waals surface area contributed by atoms with Gasteiger partial charge in [0.25, 0.3) is 0 Å². The molecule has 0 saturated heterocycles. The monoisotopic (exact) mass is 334 g/mol. The molecule has 24 heavy (non-hydrogen) atoms. The summed E-state index contributed by atoms with van der Waals surface area (Å²) in [6.45, 7) is 18.9. The van der Waals surface area contributed by atoms with Crippen LogP contribution in [0.2, 0.25) is 0 Å². The molecule has 0 bridgehead atoms. The lowest BCUT2D eigenvalue weighted by Gasteiger charge is -2.36. The molecule has 1 aromatic rings. The summed E-state index contributed by atoms with van der Waals surface area (Å²) in [7, 11) is 0. The Morgan fingerprint density at radius 3 is 1.67 bits per heavy atom. The summed E-state index contributed by atoms with van der Waals surface area (Å²) in [6, 6.07) is 3.97. The fourth-order valence-electron chi connectivity index (χ4n) is 2.57. The Morgan fingerprint density at radius 2 is 1.38 bits per heavy atom. The van der Waals surface area contributed by atoms with Crippen LogP contribution < -0.4 is 0 Å². The van der Waals surface area contributed by atoms with Crippen LogP contribution in [0.3, 0.4) is 0 Å². The van der Waals surface area contributed by atoms with Gasteiger partial charge in [0.05, 0.1) is 0 Å². The van der Waals surface area contributed by atoms with Gasteiger partial charge in [-0.3, -0.25) is 4.79 Å². The summed E-state index contributed by atoms with van der Waals surface area (Å²) in [5.74, 6) is 0.807. The van der Waals surface area contributed by atoms with Gasteiger partial charge in [-0.15, -0.1) is 0 Å². The van der Waals surface area contributed by atoms with E-state index in [1.165, 1.54) is 6.92 Å². The third-order valence-electron chi connectivity index (χ3n) is 5.89. The highest BCUT2D eigenvalue weighted by atomic mass is 16.5. The minimum atomic E-state index is -0.294. The Kier molecular flexibility index (Phi) is 6.13. The number of aromatic hydroxyl groups is 1. The topological polar surface area (TPSA) is 46.5 Å². The van der Waals surface area contributed by atoms with E-state index in [9.17, 15) is 9.90 Å². The number of benzene rings is 1. The van der Waals surface area contributed by atoms with E-state index in [4.69, 9.17) is 4.74 Å². The SMILES string of the molecule is CC(=O)OCc1cc(C(C)(C)C(C)C)c(O)c(C(C)(C)C(C)C)c1. The molecule has 0 aliphatic heterocycles. The molecule has 1 rings (SSSR count). The van der Waals surface area contributed by atoms with Gasteiger partial charge < -0.3 is 9.84 Å².